The normalized spacial score (nSPS) is 12.2. The zero-order valence-corrected chi connectivity index (χ0v) is 14.5. The molecule has 0 bridgehead atoms. The summed E-state index contributed by atoms with van der Waals surface area (Å²) in [5, 5.41) is 2.87. The summed E-state index contributed by atoms with van der Waals surface area (Å²) in [5.74, 6) is -1.38. The molecule has 0 radical (unpaired) electrons. The Kier molecular flexibility index (Phi) is 4.34. The third kappa shape index (κ3) is 2.65. The first-order valence-corrected chi connectivity index (χ1v) is 8.01. The van der Waals surface area contributed by atoms with Crippen molar-refractivity contribution < 1.29 is 19.1 Å². The molecule has 0 saturated heterocycles. The molecule has 0 spiro atoms. The maximum Gasteiger partial charge on any atom is 0.340 e. The van der Waals surface area contributed by atoms with E-state index < -0.39 is 11.8 Å². The number of hydrogen-bond donors (Lipinski definition) is 2. The molecule has 6 nitrogen and oxygen atoms in total. The van der Waals surface area contributed by atoms with E-state index in [-0.39, 0.29) is 40.3 Å². The van der Waals surface area contributed by atoms with Crippen molar-refractivity contribution >= 4 is 28.9 Å². The Morgan fingerprint density at radius 2 is 1.73 bits per heavy atom. The molecule has 26 heavy (non-hydrogen) atoms. The van der Waals surface area contributed by atoms with Crippen molar-refractivity contribution in [3.8, 4) is 0 Å². The van der Waals surface area contributed by atoms with Crippen LogP contribution in [-0.2, 0) is 4.74 Å². The Balaban J connectivity index is 2.20. The first-order chi connectivity index (χ1) is 12.4. The number of esters is 1. The van der Waals surface area contributed by atoms with Gasteiger partial charge in [-0.05, 0) is 18.6 Å². The van der Waals surface area contributed by atoms with Crippen LogP contribution >= 0.6 is 0 Å². The van der Waals surface area contributed by atoms with Gasteiger partial charge in [0, 0.05) is 23.9 Å². The first kappa shape index (κ1) is 17.4. The zero-order chi connectivity index (χ0) is 19.0. The molecule has 2 aromatic rings. The van der Waals surface area contributed by atoms with Crippen molar-refractivity contribution in [2.24, 2.45) is 0 Å². The quantitative estimate of drug-likeness (QED) is 0.426. The Labute approximate surface area is 150 Å². The van der Waals surface area contributed by atoms with Crippen molar-refractivity contribution in [2.75, 3.05) is 24.7 Å². The number of ketones is 2. The molecule has 1 aliphatic carbocycles. The molecule has 0 unspecified atom stereocenters. The molecule has 3 N–H and O–H groups in total. The summed E-state index contributed by atoms with van der Waals surface area (Å²) in [6.45, 7) is 5.44. The Morgan fingerprint density at radius 1 is 1.15 bits per heavy atom. The van der Waals surface area contributed by atoms with Crippen LogP contribution in [0.3, 0.4) is 0 Å². The van der Waals surface area contributed by atoms with Crippen molar-refractivity contribution in [1.82, 2.24) is 0 Å². The van der Waals surface area contributed by atoms with Gasteiger partial charge in [0.25, 0.3) is 0 Å². The van der Waals surface area contributed by atoms with Gasteiger partial charge < -0.3 is 15.8 Å². The van der Waals surface area contributed by atoms with E-state index >= 15 is 0 Å². The molecule has 0 fully saturated rings. The number of nitrogens with two attached hydrogens (primary N) is 1. The van der Waals surface area contributed by atoms with Gasteiger partial charge in [-0.2, -0.15) is 0 Å². The zero-order valence-electron chi connectivity index (χ0n) is 14.5. The molecule has 6 heteroatoms. The average Bonchev–Trinajstić information content (AvgIpc) is 2.63. The third-order valence-electron chi connectivity index (χ3n) is 4.18. The largest absolute Gasteiger partial charge is 0.458 e. The summed E-state index contributed by atoms with van der Waals surface area (Å²) in [5.41, 5.74) is 7.91. The average molecular weight is 350 g/mol. The van der Waals surface area contributed by atoms with Gasteiger partial charge in [0.05, 0.1) is 22.4 Å². The lowest BCUT2D eigenvalue weighted by Crippen LogP contribution is -2.25. The number of nitrogen functional groups attached to an aromatic ring is 1. The van der Waals surface area contributed by atoms with Crippen molar-refractivity contribution in [1.29, 1.82) is 0 Å². The summed E-state index contributed by atoms with van der Waals surface area (Å²) in [7, 11) is 1.60. The van der Waals surface area contributed by atoms with Crippen LogP contribution in [0.5, 0.6) is 0 Å². The maximum absolute atomic E-state index is 13.0. The predicted molar refractivity (Wildman–Crippen MR) is 98.8 cm³/mol. The van der Waals surface area contributed by atoms with Gasteiger partial charge in [-0.15, -0.1) is 0 Å². The van der Waals surface area contributed by atoms with Crippen LogP contribution in [0.15, 0.2) is 42.5 Å². The second kappa shape index (κ2) is 6.48. The number of rotatable bonds is 4. The van der Waals surface area contributed by atoms with E-state index in [2.05, 4.69) is 11.9 Å². The highest BCUT2D eigenvalue weighted by atomic mass is 16.5. The number of carbonyl (C=O) groups is 3. The molecular formula is C20H18N2O4. The molecule has 2 aromatic carbocycles. The molecule has 0 saturated carbocycles. The Morgan fingerprint density at radius 3 is 2.27 bits per heavy atom. The SMILES string of the molecule is C=C(C)COC(=O)c1cc(NC)c2c(c1N)C(=O)c1ccccc1C2=O. The molecule has 132 valence electrons. The molecule has 0 atom stereocenters. The van der Waals surface area contributed by atoms with Crippen LogP contribution in [0, 0.1) is 0 Å². The lowest BCUT2D eigenvalue weighted by molar-refractivity contribution is 0.0541. The summed E-state index contributed by atoms with van der Waals surface area (Å²) >= 11 is 0. The van der Waals surface area contributed by atoms with E-state index in [0.717, 1.165) is 0 Å². The number of nitrogens with one attached hydrogen (secondary N) is 1. The highest BCUT2D eigenvalue weighted by Crippen LogP contribution is 2.37. The van der Waals surface area contributed by atoms with Gasteiger partial charge in [0.2, 0.25) is 0 Å². The molecule has 0 aromatic heterocycles. The van der Waals surface area contributed by atoms with Crippen LogP contribution < -0.4 is 11.1 Å². The van der Waals surface area contributed by atoms with Gasteiger partial charge in [-0.3, -0.25) is 9.59 Å². The van der Waals surface area contributed by atoms with Gasteiger partial charge in [0.15, 0.2) is 11.6 Å². The second-order valence-electron chi connectivity index (χ2n) is 6.12. The fourth-order valence-electron chi connectivity index (χ4n) is 2.95. The molecule has 3 rings (SSSR count). The smallest absolute Gasteiger partial charge is 0.340 e. The number of carbonyl (C=O) groups excluding carboxylic acids is 3. The molecule has 0 heterocycles. The van der Waals surface area contributed by atoms with Gasteiger partial charge in [-0.1, -0.05) is 30.8 Å². The summed E-state index contributed by atoms with van der Waals surface area (Å²) in [4.78, 5) is 38.3. The van der Waals surface area contributed by atoms with Crippen molar-refractivity contribution in [3.05, 3.63) is 70.3 Å². The lowest BCUT2D eigenvalue weighted by Gasteiger charge is -2.23. The fourth-order valence-corrected chi connectivity index (χ4v) is 2.95. The summed E-state index contributed by atoms with van der Waals surface area (Å²) < 4.78 is 5.15. The lowest BCUT2D eigenvalue weighted by atomic mass is 9.81. The highest BCUT2D eigenvalue weighted by molar-refractivity contribution is 6.32. The molecule has 0 aliphatic heterocycles. The minimum Gasteiger partial charge on any atom is -0.458 e. The fraction of sp³-hybridized carbons (Fsp3) is 0.150. The Bertz CT molecular complexity index is 976. The van der Waals surface area contributed by atoms with E-state index in [1.54, 1.807) is 38.2 Å². The van der Waals surface area contributed by atoms with Gasteiger partial charge in [-0.25, -0.2) is 4.79 Å². The van der Waals surface area contributed by atoms with Crippen LogP contribution in [0.1, 0.15) is 49.1 Å². The first-order valence-electron chi connectivity index (χ1n) is 8.01. The van der Waals surface area contributed by atoms with Crippen molar-refractivity contribution in [3.63, 3.8) is 0 Å². The van der Waals surface area contributed by atoms with Crippen molar-refractivity contribution in [2.45, 2.75) is 6.92 Å². The van der Waals surface area contributed by atoms with Gasteiger partial charge >= 0.3 is 5.97 Å². The van der Waals surface area contributed by atoms with E-state index in [1.807, 2.05) is 0 Å². The van der Waals surface area contributed by atoms with E-state index in [0.29, 0.717) is 16.8 Å². The van der Waals surface area contributed by atoms with E-state index in [9.17, 15) is 14.4 Å². The van der Waals surface area contributed by atoms with Crippen LogP contribution in [0.25, 0.3) is 0 Å². The Hall–Kier alpha value is -3.41. The number of hydrogen-bond acceptors (Lipinski definition) is 6. The molecule has 1 aliphatic rings. The maximum atomic E-state index is 13.0. The van der Waals surface area contributed by atoms with Crippen LogP contribution in [-0.4, -0.2) is 31.2 Å². The molecular weight excluding hydrogens is 332 g/mol. The standard InChI is InChI=1S/C20H18N2O4/c1-10(2)9-26-20(25)13-8-14(22-3)15-16(17(13)21)19(24)12-7-5-4-6-11(12)18(15)23/h4-8,22H,1,9,21H2,2-3H3. The topological polar surface area (TPSA) is 98.5 Å². The number of benzene rings is 2. The van der Waals surface area contributed by atoms with Crippen LogP contribution in [0.2, 0.25) is 0 Å². The predicted octanol–water partition coefficient (Wildman–Crippen LogP) is 2.82. The van der Waals surface area contributed by atoms with Gasteiger partial charge in [0.1, 0.15) is 6.61 Å². The number of ether oxygens (including phenoxy) is 1. The highest BCUT2D eigenvalue weighted by Gasteiger charge is 2.35. The van der Waals surface area contributed by atoms with E-state index in [4.69, 9.17) is 10.5 Å². The molecule has 0 amide bonds. The minimum atomic E-state index is -0.677. The monoisotopic (exact) mass is 350 g/mol. The summed E-state index contributed by atoms with van der Waals surface area (Å²) in [6.07, 6.45) is 0. The van der Waals surface area contributed by atoms with Crippen LogP contribution in [0.4, 0.5) is 11.4 Å². The minimum absolute atomic E-state index is 0.0304. The number of fused-ring (bicyclic) bond motifs is 2. The second-order valence-corrected chi connectivity index (χ2v) is 6.12. The summed E-state index contributed by atoms with van der Waals surface area (Å²) in [6, 6.07) is 7.98. The third-order valence-corrected chi connectivity index (χ3v) is 4.18. The number of anilines is 2. The van der Waals surface area contributed by atoms with E-state index in [1.165, 1.54) is 6.07 Å².